The van der Waals surface area contributed by atoms with Gasteiger partial charge in [0, 0.05) is 0 Å². The van der Waals surface area contributed by atoms with Crippen LogP contribution in [-0.2, 0) is 20.8 Å². The average Bonchev–Trinajstić information content (AvgIpc) is 3.39. The van der Waals surface area contributed by atoms with E-state index in [1.54, 1.807) is 31.4 Å². The van der Waals surface area contributed by atoms with Crippen LogP contribution in [0.4, 0.5) is 0 Å². The number of carbonyl (C=O) groups excluding carboxylic acids is 3. The summed E-state index contributed by atoms with van der Waals surface area (Å²) in [6.45, 7) is 0. The molecule has 2 bridgehead atoms. The molecular formula is C20H19NO4. The highest BCUT2D eigenvalue weighted by atomic mass is 16.5. The number of rotatable bonds is 3. The molecule has 5 aliphatic rings. The van der Waals surface area contributed by atoms with E-state index in [0.29, 0.717) is 17.6 Å². The Morgan fingerprint density at radius 2 is 1.60 bits per heavy atom. The summed E-state index contributed by atoms with van der Waals surface area (Å²) in [4.78, 5) is 39.4. The second-order valence-electron chi connectivity index (χ2n) is 7.59. The molecule has 1 aliphatic heterocycles. The number of benzene rings is 1. The third-order valence-corrected chi connectivity index (χ3v) is 6.43. The highest BCUT2D eigenvalue weighted by Crippen LogP contribution is 2.65. The van der Waals surface area contributed by atoms with Crippen LogP contribution < -0.4 is 4.74 Å². The van der Waals surface area contributed by atoms with E-state index in [1.165, 1.54) is 0 Å². The topological polar surface area (TPSA) is 63.7 Å². The fourth-order valence-corrected chi connectivity index (χ4v) is 5.20. The molecule has 0 unspecified atom stereocenters. The van der Waals surface area contributed by atoms with Crippen molar-refractivity contribution in [3.05, 3.63) is 42.0 Å². The van der Waals surface area contributed by atoms with Crippen LogP contribution in [-0.4, -0.2) is 29.7 Å². The molecule has 6 atom stereocenters. The van der Waals surface area contributed by atoms with E-state index >= 15 is 0 Å². The van der Waals surface area contributed by atoms with Crippen molar-refractivity contribution in [3.63, 3.8) is 0 Å². The van der Waals surface area contributed by atoms with Crippen molar-refractivity contribution in [2.45, 2.75) is 12.8 Å². The van der Waals surface area contributed by atoms with Gasteiger partial charge in [-0.2, -0.15) is 0 Å². The molecule has 0 spiro atoms. The van der Waals surface area contributed by atoms with Crippen LogP contribution in [0.5, 0.6) is 5.75 Å². The molecule has 128 valence electrons. The minimum Gasteiger partial charge on any atom is -0.497 e. The standard InChI is InChI=1S/C20H19NO4/c1-25-11-4-2-10(3-5-11)8-16(22)21-19(23)17-12-6-7-13(15-9-14(12)15)18(17)20(21)24/h2-7,12-15,17-18H,8-9H2,1H3/t12-,13-,14-,15-,17-,18+/m0/s1. The lowest BCUT2D eigenvalue weighted by Crippen LogP contribution is -2.40. The second kappa shape index (κ2) is 5.04. The second-order valence-corrected chi connectivity index (χ2v) is 7.59. The Kier molecular flexibility index (Phi) is 3.00. The zero-order valence-electron chi connectivity index (χ0n) is 13.9. The maximum Gasteiger partial charge on any atom is 0.240 e. The fraction of sp³-hybridized carbons (Fsp3) is 0.450. The molecule has 5 heteroatoms. The third kappa shape index (κ3) is 1.98. The van der Waals surface area contributed by atoms with E-state index in [4.69, 9.17) is 4.74 Å². The van der Waals surface area contributed by atoms with Gasteiger partial charge in [-0.1, -0.05) is 24.3 Å². The Balaban J connectivity index is 1.38. The monoisotopic (exact) mass is 337 g/mol. The number of imide groups is 3. The fourth-order valence-electron chi connectivity index (χ4n) is 5.20. The van der Waals surface area contributed by atoms with Crippen LogP contribution in [0.25, 0.3) is 0 Å². The number of likely N-dealkylation sites (tertiary alicyclic amines) is 1. The van der Waals surface area contributed by atoms with Gasteiger partial charge < -0.3 is 4.74 Å². The lowest BCUT2D eigenvalue weighted by Gasteiger charge is -2.37. The number of amides is 3. The van der Waals surface area contributed by atoms with Gasteiger partial charge in [-0.25, -0.2) is 4.90 Å². The summed E-state index contributed by atoms with van der Waals surface area (Å²) in [6.07, 6.45) is 5.40. The smallest absolute Gasteiger partial charge is 0.240 e. The first-order valence-corrected chi connectivity index (χ1v) is 8.82. The van der Waals surface area contributed by atoms with Crippen LogP contribution in [0.1, 0.15) is 12.0 Å². The largest absolute Gasteiger partial charge is 0.497 e. The van der Waals surface area contributed by atoms with Crippen molar-refractivity contribution in [1.82, 2.24) is 4.90 Å². The molecule has 3 fully saturated rings. The van der Waals surface area contributed by atoms with Gasteiger partial charge in [-0.15, -0.1) is 0 Å². The van der Waals surface area contributed by atoms with E-state index in [1.807, 2.05) is 0 Å². The van der Waals surface area contributed by atoms with Crippen molar-refractivity contribution < 1.29 is 19.1 Å². The normalized spacial score (nSPS) is 37.1. The Bertz CT molecular complexity index is 775. The quantitative estimate of drug-likeness (QED) is 0.623. The van der Waals surface area contributed by atoms with Gasteiger partial charge in [0.2, 0.25) is 17.7 Å². The van der Waals surface area contributed by atoms with E-state index in [0.717, 1.165) is 16.9 Å². The summed E-state index contributed by atoms with van der Waals surface area (Å²) in [6, 6.07) is 7.12. The van der Waals surface area contributed by atoms with Gasteiger partial charge >= 0.3 is 0 Å². The highest BCUT2D eigenvalue weighted by Gasteiger charge is 2.67. The number of ether oxygens (including phenoxy) is 1. The van der Waals surface area contributed by atoms with Crippen LogP contribution in [0, 0.1) is 35.5 Å². The summed E-state index contributed by atoms with van der Waals surface area (Å²) in [7, 11) is 1.58. The number of methoxy groups -OCH3 is 1. The molecule has 6 rings (SSSR count). The molecule has 1 saturated heterocycles. The number of hydrogen-bond donors (Lipinski definition) is 0. The van der Waals surface area contributed by atoms with Crippen molar-refractivity contribution in [1.29, 1.82) is 0 Å². The molecule has 1 heterocycles. The molecule has 2 saturated carbocycles. The summed E-state index contributed by atoms with van der Waals surface area (Å²) in [5.74, 6) is 0.494. The maximum absolute atomic E-state index is 12.9. The minimum atomic E-state index is -0.414. The van der Waals surface area contributed by atoms with Gasteiger partial charge in [-0.05, 0) is 47.8 Å². The molecule has 5 nitrogen and oxygen atoms in total. The lowest BCUT2D eigenvalue weighted by molar-refractivity contribution is -0.150. The molecule has 1 aromatic rings. The van der Waals surface area contributed by atoms with Crippen LogP contribution >= 0.6 is 0 Å². The van der Waals surface area contributed by atoms with Gasteiger partial charge in [0.25, 0.3) is 0 Å². The van der Waals surface area contributed by atoms with Crippen molar-refractivity contribution >= 4 is 17.7 Å². The predicted molar refractivity (Wildman–Crippen MR) is 88.3 cm³/mol. The molecule has 3 amide bonds. The summed E-state index contributed by atoms with van der Waals surface area (Å²) in [5, 5.41) is 0. The summed E-state index contributed by atoms with van der Waals surface area (Å²) < 4.78 is 5.11. The van der Waals surface area contributed by atoms with Crippen LogP contribution in [0.2, 0.25) is 0 Å². The molecule has 0 radical (unpaired) electrons. The Labute approximate surface area is 145 Å². The van der Waals surface area contributed by atoms with E-state index < -0.39 is 5.91 Å². The molecule has 4 aliphatic carbocycles. The number of hydrogen-bond acceptors (Lipinski definition) is 4. The number of allylic oxidation sites excluding steroid dienone is 2. The summed E-state index contributed by atoms with van der Waals surface area (Å²) in [5.41, 5.74) is 0.769. The molecule has 1 aromatic carbocycles. The number of carbonyl (C=O) groups is 3. The van der Waals surface area contributed by atoms with Gasteiger partial charge in [0.05, 0.1) is 25.4 Å². The van der Waals surface area contributed by atoms with Crippen LogP contribution in [0.3, 0.4) is 0 Å². The first kappa shape index (κ1) is 14.9. The average molecular weight is 337 g/mol. The Morgan fingerprint density at radius 3 is 2.12 bits per heavy atom. The van der Waals surface area contributed by atoms with Gasteiger partial charge in [-0.3, -0.25) is 14.4 Å². The van der Waals surface area contributed by atoms with E-state index in [2.05, 4.69) is 12.2 Å². The molecule has 25 heavy (non-hydrogen) atoms. The highest BCUT2D eigenvalue weighted by molar-refractivity contribution is 6.18. The van der Waals surface area contributed by atoms with Crippen molar-refractivity contribution in [2.24, 2.45) is 35.5 Å². The van der Waals surface area contributed by atoms with Crippen molar-refractivity contribution in [2.75, 3.05) is 7.11 Å². The van der Waals surface area contributed by atoms with Crippen molar-refractivity contribution in [3.8, 4) is 5.75 Å². The molecule has 0 N–H and O–H groups in total. The van der Waals surface area contributed by atoms with Gasteiger partial charge in [0.1, 0.15) is 5.75 Å². The van der Waals surface area contributed by atoms with Gasteiger partial charge in [0.15, 0.2) is 0 Å². The summed E-state index contributed by atoms with van der Waals surface area (Å²) >= 11 is 0. The first-order valence-electron chi connectivity index (χ1n) is 8.82. The number of nitrogens with zero attached hydrogens (tertiary/aromatic N) is 1. The zero-order chi connectivity index (χ0) is 17.3. The Hall–Kier alpha value is -2.43. The minimum absolute atomic E-state index is 0.0521. The molecular weight excluding hydrogens is 318 g/mol. The van der Waals surface area contributed by atoms with E-state index in [9.17, 15) is 14.4 Å². The lowest BCUT2D eigenvalue weighted by atomic mass is 9.63. The molecule has 0 aromatic heterocycles. The zero-order valence-corrected chi connectivity index (χ0v) is 13.9. The first-order chi connectivity index (χ1) is 12.1. The third-order valence-electron chi connectivity index (χ3n) is 6.43. The van der Waals surface area contributed by atoms with E-state index in [-0.39, 0.29) is 41.9 Å². The maximum atomic E-state index is 12.9. The SMILES string of the molecule is COc1ccc(CC(=O)N2C(=O)[C@@H]3[C@H]4C=C[C@@H]([C@@H]5C[C@@H]45)[C@@H]3C2=O)cc1. The van der Waals surface area contributed by atoms with Crippen LogP contribution in [0.15, 0.2) is 36.4 Å². The Morgan fingerprint density at radius 1 is 1.04 bits per heavy atom. The predicted octanol–water partition coefficient (Wildman–Crippen LogP) is 1.82.